The monoisotopic (exact) mass is 1020 g/mol. The molecule has 6 aromatic carbocycles. The first-order valence-electron chi connectivity index (χ1n) is 22.5. The van der Waals surface area contributed by atoms with Gasteiger partial charge in [-0.15, -0.1) is 11.3 Å². The van der Waals surface area contributed by atoms with Crippen molar-refractivity contribution in [1.29, 1.82) is 0 Å². The fourth-order valence-electron chi connectivity index (χ4n) is 8.50. The fourth-order valence-corrected chi connectivity index (χ4v) is 11.7. The van der Waals surface area contributed by atoms with E-state index >= 15 is 0 Å². The third-order valence-electron chi connectivity index (χ3n) is 11.9. The third-order valence-corrected chi connectivity index (χ3v) is 15.5. The van der Waals surface area contributed by atoms with E-state index in [1.54, 1.807) is 66.0 Å². The first kappa shape index (κ1) is 48.8. The van der Waals surface area contributed by atoms with E-state index < -0.39 is 61.8 Å². The van der Waals surface area contributed by atoms with Crippen LogP contribution in [0.4, 0.5) is 5.13 Å². The molecule has 72 heavy (non-hydrogen) atoms. The maximum atomic E-state index is 14.6. The van der Waals surface area contributed by atoms with Gasteiger partial charge in [-0.1, -0.05) is 181 Å². The number of aryl methyl sites for hydroxylation is 1. The number of oxime groups is 1. The van der Waals surface area contributed by atoms with Gasteiger partial charge in [-0.05, 0) is 58.5 Å². The number of nitrogens with one attached hydrogen (secondary N) is 2. The Bertz CT molecular complexity index is 3200. The van der Waals surface area contributed by atoms with Crippen LogP contribution in [0.2, 0.25) is 0 Å². The maximum Gasteiger partial charge on any atom is 0.356 e. The van der Waals surface area contributed by atoms with Gasteiger partial charge in [-0.2, -0.15) is 8.42 Å². The average molecular weight is 1020 g/mol. The molecular weight excluding hydrogens is 971 g/mol. The molecule has 3 unspecified atom stereocenters. The number of ether oxygens (including phenoxy) is 1. The van der Waals surface area contributed by atoms with Crippen molar-refractivity contribution < 1.29 is 40.8 Å². The minimum absolute atomic E-state index is 0.00610. The summed E-state index contributed by atoms with van der Waals surface area (Å²) < 4.78 is 51.9. The van der Waals surface area contributed by atoms with Gasteiger partial charge in [0.15, 0.2) is 16.9 Å². The van der Waals surface area contributed by atoms with Crippen LogP contribution < -0.4 is 10.6 Å². The van der Waals surface area contributed by atoms with E-state index in [-0.39, 0.29) is 33.3 Å². The highest BCUT2D eigenvalue weighted by atomic mass is 32.2. The molecule has 7 aromatic rings. The number of rotatable bonds is 18. The molecule has 0 spiro atoms. The molecule has 1 fully saturated rings. The van der Waals surface area contributed by atoms with Crippen molar-refractivity contribution in [1.82, 2.24) is 15.2 Å². The number of hydrogen-bond acceptors (Lipinski definition) is 13. The molecule has 0 aliphatic carbocycles. The number of carbonyl (C=O) groups excluding carboxylic acids is 3. The Labute approximate surface area is 422 Å². The predicted octanol–water partition coefficient (Wildman–Crippen LogP) is 8.64. The molecule has 17 heteroatoms. The summed E-state index contributed by atoms with van der Waals surface area (Å²) in [5.74, 6) is -3.03. The molecule has 362 valence electrons. The SMILES string of the molecule is C=CO/N=C(/C(=O)NC1C(=O)N2C(C(=O)OC(c3ccccc3)c3ccccc3)=C(/C=C/OS(=O)(=O)c3ccc(C)cc3)CS(=O)C12)c1csc(NC(c2ccccc2)(c2ccccc2)c2ccccc2)n1. The molecule has 0 bridgehead atoms. The number of esters is 1. The molecule has 0 radical (unpaired) electrons. The number of amides is 2. The van der Waals surface area contributed by atoms with Gasteiger partial charge in [-0.25, -0.2) is 9.78 Å². The largest absolute Gasteiger partial charge is 0.448 e. The molecule has 0 saturated carbocycles. The number of anilines is 1. The number of nitrogens with zero attached hydrogens (tertiary/aromatic N) is 3. The van der Waals surface area contributed by atoms with Gasteiger partial charge in [0.05, 0.1) is 16.6 Å². The van der Waals surface area contributed by atoms with E-state index in [0.717, 1.165) is 39.7 Å². The van der Waals surface area contributed by atoms with E-state index in [0.29, 0.717) is 16.3 Å². The maximum absolute atomic E-state index is 14.6. The molecule has 2 aliphatic heterocycles. The Balaban J connectivity index is 1.02. The van der Waals surface area contributed by atoms with Crippen molar-refractivity contribution in [3.05, 3.63) is 257 Å². The van der Waals surface area contributed by atoms with Crippen molar-refractivity contribution in [3.63, 3.8) is 0 Å². The summed E-state index contributed by atoms with van der Waals surface area (Å²) in [6.07, 6.45) is 2.09. The van der Waals surface area contributed by atoms with Crippen LogP contribution in [0.3, 0.4) is 0 Å². The van der Waals surface area contributed by atoms with Gasteiger partial charge in [0.1, 0.15) is 45.8 Å². The van der Waals surface area contributed by atoms with Gasteiger partial charge < -0.3 is 24.4 Å². The second-order valence-electron chi connectivity index (χ2n) is 16.4. The topological polar surface area (TPSA) is 183 Å². The van der Waals surface area contributed by atoms with Crippen LogP contribution in [0.1, 0.15) is 45.2 Å². The summed E-state index contributed by atoms with van der Waals surface area (Å²) >= 11 is 1.21. The molecule has 1 aromatic heterocycles. The second kappa shape index (κ2) is 21.4. The van der Waals surface area contributed by atoms with Crippen LogP contribution >= 0.6 is 11.3 Å². The number of carbonyl (C=O) groups is 3. The van der Waals surface area contributed by atoms with E-state index in [9.17, 15) is 27.0 Å². The molecule has 9 rings (SSSR count). The summed E-state index contributed by atoms with van der Waals surface area (Å²) in [7, 11) is -6.29. The van der Waals surface area contributed by atoms with Crippen LogP contribution in [0.25, 0.3) is 0 Å². The third kappa shape index (κ3) is 10.0. The van der Waals surface area contributed by atoms with Gasteiger partial charge in [0.25, 0.3) is 11.8 Å². The Hall–Kier alpha value is -8.25. The fraction of sp³-hybridized carbons (Fsp3) is 0.109. The minimum Gasteiger partial charge on any atom is -0.448 e. The Kier molecular flexibility index (Phi) is 14.5. The highest BCUT2D eigenvalue weighted by Gasteiger charge is 2.57. The summed E-state index contributed by atoms with van der Waals surface area (Å²) in [4.78, 5) is 54.3. The number of hydrogen-bond donors (Lipinski definition) is 2. The molecule has 2 amide bonds. The van der Waals surface area contributed by atoms with Crippen LogP contribution in [0, 0.1) is 6.92 Å². The number of benzene rings is 6. The lowest BCUT2D eigenvalue weighted by Gasteiger charge is -2.49. The van der Waals surface area contributed by atoms with Crippen LogP contribution in [-0.4, -0.2) is 63.2 Å². The first-order chi connectivity index (χ1) is 35.0. The summed E-state index contributed by atoms with van der Waals surface area (Å²) in [5.41, 5.74) is 3.33. The highest BCUT2D eigenvalue weighted by molar-refractivity contribution is 7.87. The zero-order valence-electron chi connectivity index (χ0n) is 38.4. The van der Waals surface area contributed by atoms with E-state index in [2.05, 4.69) is 22.4 Å². The lowest BCUT2D eigenvalue weighted by molar-refractivity contribution is -0.154. The van der Waals surface area contributed by atoms with Crippen molar-refractivity contribution in [2.45, 2.75) is 34.9 Å². The zero-order valence-corrected chi connectivity index (χ0v) is 40.9. The summed E-state index contributed by atoms with van der Waals surface area (Å²) in [6, 6.07) is 52.1. The lowest BCUT2D eigenvalue weighted by atomic mass is 9.77. The van der Waals surface area contributed by atoms with Gasteiger partial charge >= 0.3 is 16.1 Å². The van der Waals surface area contributed by atoms with Gasteiger partial charge in [-0.3, -0.25) is 18.7 Å². The zero-order chi connectivity index (χ0) is 50.2. The summed E-state index contributed by atoms with van der Waals surface area (Å²) in [5, 5.41) is 11.1. The van der Waals surface area contributed by atoms with Gasteiger partial charge in [0.2, 0.25) is 0 Å². The number of allylic oxidation sites excluding steroid dienone is 1. The predicted molar refractivity (Wildman–Crippen MR) is 275 cm³/mol. The minimum atomic E-state index is -4.31. The van der Waals surface area contributed by atoms with Crippen LogP contribution in [0.5, 0.6) is 0 Å². The van der Waals surface area contributed by atoms with Crippen molar-refractivity contribution >= 4 is 60.9 Å². The molecule has 2 aliphatic rings. The number of aromatic nitrogens is 1. The van der Waals surface area contributed by atoms with E-state index in [1.165, 1.54) is 29.5 Å². The van der Waals surface area contributed by atoms with Crippen molar-refractivity contribution in [3.8, 4) is 0 Å². The van der Waals surface area contributed by atoms with E-state index in [1.807, 2.05) is 110 Å². The molecule has 3 atom stereocenters. The molecule has 2 N–H and O–H groups in total. The Morgan fingerprint density at radius 3 is 1.88 bits per heavy atom. The average Bonchev–Trinajstić information content (AvgIpc) is 3.87. The molecule has 3 heterocycles. The van der Waals surface area contributed by atoms with Crippen molar-refractivity contribution in [2.75, 3.05) is 11.1 Å². The Morgan fingerprint density at radius 2 is 1.35 bits per heavy atom. The first-order valence-corrected chi connectivity index (χ1v) is 26.1. The van der Waals surface area contributed by atoms with Crippen LogP contribution in [-0.2, 0) is 54.6 Å². The number of fused-ring (bicyclic) bond motifs is 1. The number of thiazole rings is 1. The molecular formula is C55H45N5O9S3. The molecule has 14 nitrogen and oxygen atoms in total. The smallest absolute Gasteiger partial charge is 0.356 e. The lowest BCUT2D eigenvalue weighted by Crippen LogP contribution is -2.74. The van der Waals surface area contributed by atoms with Crippen molar-refractivity contribution in [2.24, 2.45) is 5.16 Å². The quantitative estimate of drug-likeness (QED) is 0.0160. The van der Waals surface area contributed by atoms with E-state index in [4.69, 9.17) is 18.7 Å². The standard InChI is InChI=1S/C55H45N5O9S3/c1-3-67-59-46(45-35-70-54(56-45)58-55(41-23-13-6-14-24-41,42-25-15-7-16-26-42)43-27-17-8-18-28-43)50(61)57-47-51(62)60-48(53(63)69-49(38-19-9-4-10-20-38)39-21-11-5-12-22-39)40(36-71(64)52(47)60)33-34-68-72(65,66)44-31-29-37(2)30-32-44/h3-35,47,49,52H,1,36H2,2H3,(H,56,58)(H,57,61)/b34-33+,59-46+. The normalized spacial score (nSPS) is 16.9. The van der Waals surface area contributed by atoms with Crippen LogP contribution in [0.15, 0.2) is 228 Å². The number of β-lactam (4-membered cyclic amide) rings is 1. The summed E-state index contributed by atoms with van der Waals surface area (Å²) in [6.45, 7) is 5.37. The molecule has 1 saturated heterocycles. The Morgan fingerprint density at radius 1 is 0.819 bits per heavy atom. The van der Waals surface area contributed by atoms with Gasteiger partial charge in [0, 0.05) is 5.38 Å². The highest BCUT2D eigenvalue weighted by Crippen LogP contribution is 2.41. The second-order valence-corrected chi connectivity index (χ2v) is 20.4.